The Kier molecular flexibility index (Phi) is 6.78. The number of likely N-dealkylation sites (tertiary alicyclic amines) is 1. The van der Waals surface area contributed by atoms with Crippen LogP contribution in [0, 0.1) is 31.1 Å². The minimum absolute atomic E-state index is 0.393. The maximum Gasteiger partial charge on any atom is 0.165 e. The van der Waals surface area contributed by atoms with E-state index in [4.69, 9.17) is 0 Å². The van der Waals surface area contributed by atoms with Crippen molar-refractivity contribution in [3.63, 3.8) is 0 Å². The average molecular weight is 485 g/mol. The molecule has 0 saturated carbocycles. The summed E-state index contributed by atoms with van der Waals surface area (Å²) < 4.78 is 0. The molecule has 3 heterocycles. The SMILES string of the molecule is Cc1cc([C@@](C)(O)C#Cc2cncc([C@@](O)(c3ccc(C(C)C)cc3)C3(C)CN(C)C3)c2)nc(C)n1. The Balaban J connectivity index is 1.75. The molecule has 0 bridgehead atoms. The van der Waals surface area contributed by atoms with Crippen molar-refractivity contribution < 1.29 is 10.2 Å². The second-order valence-corrected chi connectivity index (χ2v) is 10.9. The smallest absolute Gasteiger partial charge is 0.165 e. The van der Waals surface area contributed by atoms with Gasteiger partial charge in [-0.1, -0.05) is 56.9 Å². The maximum atomic E-state index is 12.4. The van der Waals surface area contributed by atoms with Gasteiger partial charge < -0.3 is 15.1 Å². The first kappa shape index (κ1) is 26.0. The number of rotatable bonds is 5. The van der Waals surface area contributed by atoms with Crippen LogP contribution in [-0.2, 0) is 11.2 Å². The summed E-state index contributed by atoms with van der Waals surface area (Å²) in [5.74, 6) is 7.00. The molecule has 1 aliphatic rings. The number of aliphatic hydroxyl groups is 2. The lowest BCUT2D eigenvalue weighted by molar-refractivity contribution is -0.127. The van der Waals surface area contributed by atoms with Gasteiger partial charge in [0.25, 0.3) is 0 Å². The lowest BCUT2D eigenvalue weighted by Crippen LogP contribution is -2.63. The third-order valence-corrected chi connectivity index (χ3v) is 7.18. The molecule has 1 fully saturated rings. The van der Waals surface area contributed by atoms with Crippen LogP contribution < -0.4 is 0 Å². The highest BCUT2D eigenvalue weighted by Gasteiger charge is 2.55. The summed E-state index contributed by atoms with van der Waals surface area (Å²) in [6, 6.07) is 11.9. The molecule has 0 amide bonds. The Morgan fingerprint density at radius 1 is 1.00 bits per heavy atom. The van der Waals surface area contributed by atoms with Crippen LogP contribution in [0.2, 0.25) is 0 Å². The van der Waals surface area contributed by atoms with E-state index in [0.717, 1.165) is 24.3 Å². The van der Waals surface area contributed by atoms with Gasteiger partial charge in [0, 0.05) is 47.7 Å². The highest BCUT2D eigenvalue weighted by Crippen LogP contribution is 2.50. The highest BCUT2D eigenvalue weighted by molar-refractivity contribution is 5.45. The molecule has 3 aromatic rings. The van der Waals surface area contributed by atoms with Gasteiger partial charge in [0.15, 0.2) is 5.60 Å². The van der Waals surface area contributed by atoms with Crippen LogP contribution in [0.5, 0.6) is 0 Å². The Bertz CT molecular complexity index is 1290. The Labute approximate surface area is 214 Å². The fourth-order valence-corrected chi connectivity index (χ4v) is 5.28. The van der Waals surface area contributed by atoms with Crippen molar-refractivity contribution in [2.75, 3.05) is 20.1 Å². The van der Waals surface area contributed by atoms with Gasteiger partial charge in [0.2, 0.25) is 0 Å². The van der Waals surface area contributed by atoms with Crippen LogP contribution in [0.4, 0.5) is 0 Å². The zero-order chi connectivity index (χ0) is 26.3. The third-order valence-electron chi connectivity index (χ3n) is 7.18. The van der Waals surface area contributed by atoms with Crippen LogP contribution in [0.25, 0.3) is 0 Å². The molecule has 0 radical (unpaired) electrons. The van der Waals surface area contributed by atoms with Crippen molar-refractivity contribution in [3.05, 3.63) is 88.3 Å². The van der Waals surface area contributed by atoms with Crippen molar-refractivity contribution >= 4 is 0 Å². The Morgan fingerprint density at radius 2 is 1.67 bits per heavy atom. The molecule has 0 unspecified atom stereocenters. The van der Waals surface area contributed by atoms with E-state index >= 15 is 0 Å². The molecular weight excluding hydrogens is 448 g/mol. The van der Waals surface area contributed by atoms with E-state index in [9.17, 15) is 10.2 Å². The van der Waals surface area contributed by atoms with Crippen LogP contribution in [0.15, 0.2) is 48.8 Å². The molecule has 6 heteroatoms. The van der Waals surface area contributed by atoms with Gasteiger partial charge in [0.05, 0.1) is 5.69 Å². The highest BCUT2D eigenvalue weighted by atomic mass is 16.3. The minimum Gasteiger partial charge on any atom is -0.380 e. The van der Waals surface area contributed by atoms with Gasteiger partial charge in [-0.2, -0.15) is 0 Å². The van der Waals surface area contributed by atoms with Crippen LogP contribution in [-0.4, -0.2) is 50.2 Å². The fraction of sp³-hybridized carbons (Fsp3) is 0.433. The molecule has 0 spiro atoms. The predicted molar refractivity (Wildman–Crippen MR) is 141 cm³/mol. The molecule has 2 atom stereocenters. The first-order valence-electron chi connectivity index (χ1n) is 12.4. The summed E-state index contributed by atoms with van der Waals surface area (Å²) in [7, 11) is 2.06. The van der Waals surface area contributed by atoms with Crippen LogP contribution in [0.3, 0.4) is 0 Å². The average Bonchev–Trinajstić information content (AvgIpc) is 2.81. The first-order chi connectivity index (χ1) is 16.8. The molecule has 1 aliphatic heterocycles. The maximum absolute atomic E-state index is 12.4. The van der Waals surface area contributed by atoms with Crippen molar-refractivity contribution in [2.45, 2.75) is 58.7 Å². The van der Waals surface area contributed by atoms with Crippen molar-refractivity contribution in [3.8, 4) is 11.8 Å². The monoisotopic (exact) mass is 484 g/mol. The lowest BCUT2D eigenvalue weighted by Gasteiger charge is -2.55. The van der Waals surface area contributed by atoms with E-state index in [2.05, 4.69) is 71.6 Å². The summed E-state index contributed by atoms with van der Waals surface area (Å²) in [5, 5.41) is 23.4. The molecule has 1 saturated heterocycles. The molecule has 6 nitrogen and oxygen atoms in total. The quantitative estimate of drug-likeness (QED) is 0.532. The number of aryl methyl sites for hydroxylation is 2. The molecule has 36 heavy (non-hydrogen) atoms. The zero-order valence-electron chi connectivity index (χ0n) is 22.3. The van der Waals surface area contributed by atoms with Gasteiger partial charge in [-0.15, -0.1) is 0 Å². The minimum atomic E-state index is -1.46. The van der Waals surface area contributed by atoms with Crippen molar-refractivity contribution in [1.29, 1.82) is 0 Å². The fourth-order valence-electron chi connectivity index (χ4n) is 5.28. The summed E-state index contributed by atoms with van der Waals surface area (Å²) in [4.78, 5) is 15.3. The van der Waals surface area contributed by atoms with E-state index in [-0.39, 0.29) is 0 Å². The summed E-state index contributed by atoms with van der Waals surface area (Å²) in [6.45, 7) is 13.2. The first-order valence-corrected chi connectivity index (χ1v) is 12.4. The van der Waals surface area contributed by atoms with Gasteiger partial charge >= 0.3 is 0 Å². The number of hydrogen-bond donors (Lipinski definition) is 2. The Hall–Kier alpha value is -3.11. The van der Waals surface area contributed by atoms with Crippen molar-refractivity contribution in [1.82, 2.24) is 19.9 Å². The van der Waals surface area contributed by atoms with Gasteiger partial charge in [-0.3, -0.25) is 4.98 Å². The van der Waals surface area contributed by atoms with E-state index in [1.165, 1.54) is 5.56 Å². The second-order valence-electron chi connectivity index (χ2n) is 10.9. The molecule has 188 valence electrons. The van der Waals surface area contributed by atoms with E-state index < -0.39 is 16.6 Å². The number of benzene rings is 1. The lowest BCUT2D eigenvalue weighted by atomic mass is 9.62. The van der Waals surface area contributed by atoms with Crippen LogP contribution >= 0.6 is 0 Å². The molecule has 1 aromatic carbocycles. The Morgan fingerprint density at radius 3 is 2.25 bits per heavy atom. The number of pyridine rings is 1. The number of nitrogens with zero attached hydrogens (tertiary/aromatic N) is 4. The predicted octanol–water partition coefficient (Wildman–Crippen LogP) is 4.06. The largest absolute Gasteiger partial charge is 0.380 e. The molecule has 4 rings (SSSR count). The van der Waals surface area contributed by atoms with E-state index in [1.54, 1.807) is 32.3 Å². The van der Waals surface area contributed by atoms with Gasteiger partial charge in [-0.25, -0.2) is 9.97 Å². The zero-order valence-corrected chi connectivity index (χ0v) is 22.3. The van der Waals surface area contributed by atoms with Gasteiger partial charge in [-0.05, 0) is 57.0 Å². The normalized spacial score (nSPS) is 18.5. The van der Waals surface area contributed by atoms with Crippen LogP contribution in [0.1, 0.15) is 73.1 Å². The second kappa shape index (κ2) is 9.40. The van der Waals surface area contributed by atoms with Gasteiger partial charge in [0.1, 0.15) is 11.4 Å². The van der Waals surface area contributed by atoms with E-state index in [1.807, 2.05) is 25.1 Å². The molecular formula is C30H36N4O2. The molecule has 0 aliphatic carbocycles. The van der Waals surface area contributed by atoms with Crippen molar-refractivity contribution in [2.24, 2.45) is 5.41 Å². The van der Waals surface area contributed by atoms with E-state index in [0.29, 0.717) is 28.6 Å². The third kappa shape index (κ3) is 4.79. The summed E-state index contributed by atoms with van der Waals surface area (Å²) in [5.41, 5.74) is 1.51. The summed E-state index contributed by atoms with van der Waals surface area (Å²) in [6.07, 6.45) is 3.38. The standard InChI is InChI=1S/C30H36N4O2/c1-20(2)24-8-10-25(11-9-24)30(36,28(5)18-34(7)19-28)26-15-23(16-31-17-26)12-13-29(6,35)27-14-21(3)32-22(4)33-27/h8-11,14-17,20,35-36H,18-19H2,1-7H3/t29-,30-/m0/s1. The number of aromatic nitrogens is 3. The molecule has 2 N–H and O–H groups in total. The molecule has 2 aromatic heterocycles. The summed E-state index contributed by atoms with van der Waals surface area (Å²) >= 11 is 0. The number of hydrogen-bond acceptors (Lipinski definition) is 6. The topological polar surface area (TPSA) is 82.4 Å².